The Labute approximate surface area is 185 Å². The fraction of sp³-hybridized carbons (Fsp3) is 0.296. The molecular weight excluding hydrogens is 388 g/mol. The molecule has 0 bridgehead atoms. The molecule has 31 heavy (non-hydrogen) atoms. The fourth-order valence-electron chi connectivity index (χ4n) is 3.04. The third-order valence-electron chi connectivity index (χ3n) is 4.77. The normalized spacial score (nSPS) is 10.1. The summed E-state index contributed by atoms with van der Waals surface area (Å²) in [6, 6.07) is 22.6. The molecule has 0 unspecified atom stereocenters. The highest BCUT2D eigenvalue weighted by atomic mass is 16.5. The molecule has 0 aliphatic rings. The van der Waals surface area contributed by atoms with Crippen molar-refractivity contribution >= 4 is 5.78 Å². The van der Waals surface area contributed by atoms with Crippen LogP contribution in [0.4, 0.5) is 0 Å². The van der Waals surface area contributed by atoms with Crippen LogP contribution in [-0.4, -0.2) is 22.6 Å². The van der Waals surface area contributed by atoms with Gasteiger partial charge in [-0.2, -0.15) is 0 Å². The van der Waals surface area contributed by atoms with E-state index in [0.29, 0.717) is 29.2 Å². The zero-order valence-electron chi connectivity index (χ0n) is 18.2. The van der Waals surface area contributed by atoms with Crippen LogP contribution in [0.25, 0.3) is 0 Å². The number of hydrogen-bond donors (Lipinski definition) is 2. The van der Waals surface area contributed by atoms with E-state index in [2.05, 4.69) is 6.92 Å². The predicted octanol–water partition coefficient (Wildman–Crippen LogP) is 6.75. The van der Waals surface area contributed by atoms with Crippen molar-refractivity contribution in [3.8, 4) is 17.2 Å². The Morgan fingerprint density at radius 1 is 0.774 bits per heavy atom. The van der Waals surface area contributed by atoms with Crippen molar-refractivity contribution < 1.29 is 19.7 Å². The third-order valence-corrected chi connectivity index (χ3v) is 4.77. The van der Waals surface area contributed by atoms with Crippen LogP contribution in [0.3, 0.4) is 0 Å². The molecule has 0 amide bonds. The average Bonchev–Trinajstić information content (AvgIpc) is 2.80. The predicted molar refractivity (Wildman–Crippen MR) is 125 cm³/mol. The number of aromatic hydroxyl groups is 2. The van der Waals surface area contributed by atoms with Crippen LogP contribution in [0.1, 0.15) is 61.4 Å². The van der Waals surface area contributed by atoms with Crippen molar-refractivity contribution in [2.75, 3.05) is 6.61 Å². The molecule has 0 saturated heterocycles. The molecule has 164 valence electrons. The molecular formula is C27H32O4. The molecule has 3 aromatic rings. The van der Waals surface area contributed by atoms with Crippen LogP contribution in [0.2, 0.25) is 0 Å². The van der Waals surface area contributed by atoms with Crippen LogP contribution >= 0.6 is 0 Å². The van der Waals surface area contributed by atoms with E-state index >= 15 is 0 Å². The van der Waals surface area contributed by atoms with Gasteiger partial charge >= 0.3 is 0 Å². The van der Waals surface area contributed by atoms with Crippen LogP contribution in [0.15, 0.2) is 78.9 Å². The van der Waals surface area contributed by atoms with Gasteiger partial charge in [0.2, 0.25) is 0 Å². The van der Waals surface area contributed by atoms with E-state index in [-0.39, 0.29) is 11.5 Å². The van der Waals surface area contributed by atoms with E-state index in [1.165, 1.54) is 31.7 Å². The van der Waals surface area contributed by atoms with Gasteiger partial charge in [0.25, 0.3) is 0 Å². The monoisotopic (exact) mass is 420 g/mol. The number of ether oxygens (including phenoxy) is 1. The Balaban J connectivity index is 0.000000412. The molecule has 0 aromatic heterocycles. The second-order valence-corrected chi connectivity index (χ2v) is 7.33. The van der Waals surface area contributed by atoms with Crippen molar-refractivity contribution in [2.45, 2.75) is 45.4 Å². The lowest BCUT2D eigenvalue weighted by atomic mass is 10.0. The summed E-state index contributed by atoms with van der Waals surface area (Å²) < 4.78 is 5.66. The van der Waals surface area contributed by atoms with Crippen molar-refractivity contribution in [1.82, 2.24) is 0 Å². The minimum atomic E-state index is -0.185. The first-order valence-corrected chi connectivity index (χ1v) is 10.9. The summed E-state index contributed by atoms with van der Waals surface area (Å²) in [5.74, 6) is 0.702. The number of phenols is 2. The Morgan fingerprint density at radius 2 is 1.39 bits per heavy atom. The Morgan fingerprint density at radius 3 is 1.97 bits per heavy atom. The minimum absolute atomic E-state index is 0.0377. The number of carbonyl (C=O) groups is 1. The van der Waals surface area contributed by atoms with Gasteiger partial charge in [0.1, 0.15) is 17.2 Å². The number of ketones is 1. The van der Waals surface area contributed by atoms with Gasteiger partial charge in [-0.05, 0) is 30.7 Å². The maximum absolute atomic E-state index is 12.4. The maximum atomic E-state index is 12.4. The molecule has 0 spiro atoms. The SMILES string of the molecule is CCCCCCCCOc1ccc(C(=O)c2ccccc2)c(O)c1.Oc1ccccc1. The second kappa shape index (κ2) is 13.9. The number of carbonyl (C=O) groups excluding carboxylic acids is 1. The molecule has 0 radical (unpaired) electrons. The maximum Gasteiger partial charge on any atom is 0.196 e. The third kappa shape index (κ3) is 8.95. The number of hydrogen-bond acceptors (Lipinski definition) is 4. The largest absolute Gasteiger partial charge is 0.508 e. The lowest BCUT2D eigenvalue weighted by molar-refractivity contribution is 0.103. The highest BCUT2D eigenvalue weighted by Crippen LogP contribution is 2.26. The topological polar surface area (TPSA) is 66.8 Å². The van der Waals surface area contributed by atoms with Gasteiger partial charge in [0.05, 0.1) is 12.2 Å². The summed E-state index contributed by atoms with van der Waals surface area (Å²) in [5.41, 5.74) is 0.863. The zero-order valence-corrected chi connectivity index (χ0v) is 18.2. The van der Waals surface area contributed by atoms with Crippen molar-refractivity contribution in [2.24, 2.45) is 0 Å². The summed E-state index contributed by atoms with van der Waals surface area (Å²) in [7, 11) is 0. The van der Waals surface area contributed by atoms with Crippen LogP contribution in [0, 0.1) is 0 Å². The molecule has 3 rings (SSSR count). The number of unbranched alkanes of at least 4 members (excludes halogenated alkanes) is 5. The van der Waals surface area contributed by atoms with Crippen molar-refractivity contribution in [3.05, 3.63) is 90.0 Å². The summed E-state index contributed by atoms with van der Waals surface area (Å²) in [6.45, 7) is 2.85. The van der Waals surface area contributed by atoms with Gasteiger partial charge in [0.15, 0.2) is 5.78 Å². The fourth-order valence-corrected chi connectivity index (χ4v) is 3.04. The molecule has 2 N–H and O–H groups in total. The number of para-hydroxylation sites is 1. The summed E-state index contributed by atoms with van der Waals surface area (Å²) in [6.07, 6.45) is 7.25. The van der Waals surface area contributed by atoms with E-state index in [9.17, 15) is 9.90 Å². The highest BCUT2D eigenvalue weighted by Gasteiger charge is 2.13. The van der Waals surface area contributed by atoms with Gasteiger partial charge in [0, 0.05) is 11.6 Å². The highest BCUT2D eigenvalue weighted by molar-refractivity contribution is 6.10. The van der Waals surface area contributed by atoms with Crippen LogP contribution in [-0.2, 0) is 0 Å². The number of rotatable bonds is 10. The molecule has 0 heterocycles. The van der Waals surface area contributed by atoms with Gasteiger partial charge in [-0.25, -0.2) is 0 Å². The standard InChI is InChI=1S/C21H26O3.C6H6O/c1-2-3-4-5-6-10-15-24-18-13-14-19(20(22)16-18)21(23)17-11-8-7-9-12-17;7-6-4-2-1-3-5-6/h7-9,11-14,16,22H,2-6,10,15H2,1H3;1-5,7H. The van der Waals surface area contributed by atoms with E-state index in [1.807, 2.05) is 24.3 Å². The van der Waals surface area contributed by atoms with Crippen molar-refractivity contribution in [1.29, 1.82) is 0 Å². The first-order valence-electron chi connectivity index (χ1n) is 10.9. The Kier molecular flexibility index (Phi) is 10.7. The molecule has 0 saturated carbocycles. The molecule has 0 aliphatic heterocycles. The number of phenolic OH excluding ortho intramolecular Hbond substituents is 2. The molecule has 0 atom stereocenters. The van der Waals surface area contributed by atoms with Gasteiger partial charge < -0.3 is 14.9 Å². The summed E-state index contributed by atoms with van der Waals surface area (Å²) in [5, 5.41) is 18.8. The minimum Gasteiger partial charge on any atom is -0.508 e. The Hall–Kier alpha value is -3.27. The van der Waals surface area contributed by atoms with E-state index in [1.54, 1.807) is 48.5 Å². The molecule has 0 aliphatic carbocycles. The lowest BCUT2D eigenvalue weighted by Crippen LogP contribution is -2.02. The van der Waals surface area contributed by atoms with Gasteiger partial charge in [-0.15, -0.1) is 0 Å². The first kappa shape index (κ1) is 24.0. The zero-order chi connectivity index (χ0) is 22.3. The molecule has 4 heteroatoms. The van der Waals surface area contributed by atoms with E-state index in [4.69, 9.17) is 9.84 Å². The smallest absolute Gasteiger partial charge is 0.196 e. The van der Waals surface area contributed by atoms with E-state index in [0.717, 1.165) is 12.8 Å². The molecule has 0 fully saturated rings. The molecule has 4 nitrogen and oxygen atoms in total. The quantitative estimate of drug-likeness (QED) is 0.281. The van der Waals surface area contributed by atoms with Crippen LogP contribution < -0.4 is 4.74 Å². The second-order valence-electron chi connectivity index (χ2n) is 7.33. The van der Waals surface area contributed by atoms with Gasteiger partial charge in [-0.1, -0.05) is 87.6 Å². The lowest BCUT2D eigenvalue weighted by Gasteiger charge is -2.09. The molecule has 3 aromatic carbocycles. The van der Waals surface area contributed by atoms with E-state index < -0.39 is 0 Å². The summed E-state index contributed by atoms with van der Waals surface area (Å²) >= 11 is 0. The summed E-state index contributed by atoms with van der Waals surface area (Å²) in [4.78, 5) is 12.4. The Bertz CT molecular complexity index is 892. The van der Waals surface area contributed by atoms with Crippen molar-refractivity contribution in [3.63, 3.8) is 0 Å². The number of benzene rings is 3. The average molecular weight is 421 g/mol. The van der Waals surface area contributed by atoms with Gasteiger partial charge in [-0.3, -0.25) is 4.79 Å². The first-order chi connectivity index (χ1) is 15.1. The van der Waals surface area contributed by atoms with Crippen LogP contribution in [0.5, 0.6) is 17.2 Å².